The van der Waals surface area contributed by atoms with E-state index in [0.29, 0.717) is 16.6 Å². The maximum absolute atomic E-state index is 12.4. The smallest absolute Gasteiger partial charge is 0.277 e. The minimum absolute atomic E-state index is 0.223. The van der Waals surface area contributed by atoms with E-state index >= 15 is 0 Å². The summed E-state index contributed by atoms with van der Waals surface area (Å²) in [6.45, 7) is 1.92. The van der Waals surface area contributed by atoms with Crippen LogP contribution in [0.15, 0.2) is 24.5 Å². The highest BCUT2D eigenvalue weighted by Crippen LogP contribution is 2.42. The van der Waals surface area contributed by atoms with Gasteiger partial charge in [-0.1, -0.05) is 11.6 Å². The normalized spacial score (nSPS) is 13.9. The van der Waals surface area contributed by atoms with Crippen LogP contribution in [0.3, 0.4) is 0 Å². The van der Waals surface area contributed by atoms with E-state index in [4.69, 9.17) is 11.6 Å². The molecule has 1 amide bonds. The molecule has 1 saturated carbocycles. The van der Waals surface area contributed by atoms with Crippen molar-refractivity contribution >= 4 is 23.2 Å². The highest BCUT2D eigenvalue weighted by atomic mass is 35.5. The van der Waals surface area contributed by atoms with Crippen molar-refractivity contribution in [1.29, 1.82) is 0 Å². The van der Waals surface area contributed by atoms with E-state index in [1.165, 1.54) is 6.33 Å². The van der Waals surface area contributed by atoms with Crippen LogP contribution in [-0.2, 0) is 0 Å². The van der Waals surface area contributed by atoms with Gasteiger partial charge >= 0.3 is 0 Å². The largest absolute Gasteiger partial charge is 0.321 e. The average molecular weight is 344 g/mol. The number of anilines is 1. The zero-order valence-corrected chi connectivity index (χ0v) is 13.6. The molecule has 122 valence electrons. The molecule has 4 rings (SSSR count). The molecular formula is C15H14ClN7O. The van der Waals surface area contributed by atoms with Gasteiger partial charge in [0.2, 0.25) is 0 Å². The van der Waals surface area contributed by atoms with Gasteiger partial charge in [0.25, 0.3) is 5.91 Å². The van der Waals surface area contributed by atoms with Gasteiger partial charge in [0.1, 0.15) is 6.33 Å². The molecule has 24 heavy (non-hydrogen) atoms. The van der Waals surface area contributed by atoms with Gasteiger partial charge < -0.3 is 5.32 Å². The van der Waals surface area contributed by atoms with Gasteiger partial charge in [-0.15, -0.1) is 5.10 Å². The van der Waals surface area contributed by atoms with Crippen molar-refractivity contribution in [3.05, 3.63) is 46.5 Å². The van der Waals surface area contributed by atoms with Gasteiger partial charge in [-0.3, -0.25) is 9.89 Å². The van der Waals surface area contributed by atoms with Crippen molar-refractivity contribution in [3.8, 4) is 5.69 Å². The van der Waals surface area contributed by atoms with E-state index in [9.17, 15) is 4.79 Å². The van der Waals surface area contributed by atoms with E-state index < -0.39 is 0 Å². The molecular weight excluding hydrogens is 330 g/mol. The summed E-state index contributed by atoms with van der Waals surface area (Å²) in [7, 11) is 0. The van der Waals surface area contributed by atoms with Crippen molar-refractivity contribution < 1.29 is 4.79 Å². The number of halogens is 1. The highest BCUT2D eigenvalue weighted by molar-refractivity contribution is 6.34. The molecule has 2 heterocycles. The first-order valence-electron chi connectivity index (χ1n) is 7.52. The van der Waals surface area contributed by atoms with Gasteiger partial charge in [0.15, 0.2) is 5.69 Å². The minimum Gasteiger partial charge on any atom is -0.321 e. The maximum atomic E-state index is 12.4. The van der Waals surface area contributed by atoms with Crippen LogP contribution in [0.5, 0.6) is 0 Å². The van der Waals surface area contributed by atoms with Crippen molar-refractivity contribution in [2.45, 2.75) is 25.7 Å². The third-order valence-corrected chi connectivity index (χ3v) is 4.37. The zero-order chi connectivity index (χ0) is 16.7. The van der Waals surface area contributed by atoms with Crippen LogP contribution in [0.25, 0.3) is 5.69 Å². The second kappa shape index (κ2) is 5.72. The Morgan fingerprint density at radius 2 is 2.25 bits per heavy atom. The molecule has 9 heteroatoms. The number of tetrazole rings is 1. The number of nitrogens with one attached hydrogen (secondary N) is 2. The fourth-order valence-electron chi connectivity index (χ4n) is 2.59. The summed E-state index contributed by atoms with van der Waals surface area (Å²) in [4.78, 5) is 12.4. The number of carbonyl (C=O) groups is 1. The number of nitrogens with zero attached hydrogens (tertiary/aromatic N) is 5. The standard InChI is InChI=1S/C15H14ClN7O/c1-8-6-10(4-5-11(8)23-7-17-21-22-23)18-15(24)14-12(16)13(19-20-14)9-2-3-9/h4-7,9H,2-3H2,1H3,(H,18,24)(H,19,20). The molecule has 1 aliphatic rings. The Bertz CT molecular complexity index is 899. The molecule has 0 radical (unpaired) electrons. The third kappa shape index (κ3) is 2.65. The predicted molar refractivity (Wildman–Crippen MR) is 87.4 cm³/mol. The van der Waals surface area contributed by atoms with Gasteiger partial charge in [-0.2, -0.15) is 5.10 Å². The molecule has 2 N–H and O–H groups in total. The van der Waals surface area contributed by atoms with Gasteiger partial charge in [-0.05, 0) is 54.0 Å². The topological polar surface area (TPSA) is 101 Å². The lowest BCUT2D eigenvalue weighted by molar-refractivity contribution is 0.102. The van der Waals surface area contributed by atoms with Crippen molar-refractivity contribution in [2.75, 3.05) is 5.32 Å². The lowest BCUT2D eigenvalue weighted by Gasteiger charge is -2.08. The molecule has 1 aromatic carbocycles. The molecule has 8 nitrogen and oxygen atoms in total. The molecule has 1 aliphatic carbocycles. The first-order chi connectivity index (χ1) is 11.6. The Kier molecular flexibility index (Phi) is 3.53. The molecule has 3 aromatic rings. The molecule has 0 aliphatic heterocycles. The number of hydrogen-bond donors (Lipinski definition) is 2. The molecule has 2 aromatic heterocycles. The summed E-state index contributed by atoms with van der Waals surface area (Å²) >= 11 is 6.26. The molecule has 0 spiro atoms. The molecule has 0 bridgehead atoms. The van der Waals surface area contributed by atoms with Crippen molar-refractivity contribution in [1.82, 2.24) is 30.4 Å². The third-order valence-electron chi connectivity index (χ3n) is 3.98. The fourth-order valence-corrected chi connectivity index (χ4v) is 2.91. The summed E-state index contributed by atoms with van der Waals surface area (Å²) < 4.78 is 1.56. The predicted octanol–water partition coefficient (Wildman–Crippen LogP) is 2.48. The number of benzene rings is 1. The number of aromatic nitrogens is 6. The van der Waals surface area contributed by atoms with Crippen LogP contribution in [0.1, 0.15) is 40.5 Å². The summed E-state index contributed by atoms with van der Waals surface area (Å²) in [5, 5.41) is 21.3. The van der Waals surface area contributed by atoms with Gasteiger partial charge in [0.05, 0.1) is 16.4 Å². The second-order valence-electron chi connectivity index (χ2n) is 5.78. The number of aromatic amines is 1. The van der Waals surface area contributed by atoms with Crippen LogP contribution in [0.2, 0.25) is 5.02 Å². The monoisotopic (exact) mass is 343 g/mol. The number of rotatable bonds is 4. The van der Waals surface area contributed by atoms with Crippen LogP contribution in [-0.4, -0.2) is 36.3 Å². The van der Waals surface area contributed by atoms with E-state index in [-0.39, 0.29) is 11.6 Å². The Morgan fingerprint density at radius 3 is 2.92 bits per heavy atom. The van der Waals surface area contributed by atoms with E-state index in [2.05, 4.69) is 31.0 Å². The minimum atomic E-state index is -0.335. The number of amides is 1. The Balaban J connectivity index is 1.55. The Labute approximate surface area is 142 Å². The second-order valence-corrected chi connectivity index (χ2v) is 6.16. The van der Waals surface area contributed by atoms with Gasteiger partial charge in [-0.25, -0.2) is 4.68 Å². The first-order valence-corrected chi connectivity index (χ1v) is 7.90. The summed E-state index contributed by atoms with van der Waals surface area (Å²) in [6.07, 6.45) is 3.69. The molecule has 0 unspecified atom stereocenters. The molecule has 0 atom stereocenters. The van der Waals surface area contributed by atoms with Crippen molar-refractivity contribution in [2.24, 2.45) is 0 Å². The van der Waals surface area contributed by atoms with Crippen LogP contribution >= 0.6 is 11.6 Å². The number of carbonyl (C=O) groups excluding carboxylic acids is 1. The summed E-state index contributed by atoms with van der Waals surface area (Å²) in [6, 6.07) is 5.46. The lowest BCUT2D eigenvalue weighted by atomic mass is 10.1. The Morgan fingerprint density at radius 1 is 1.42 bits per heavy atom. The van der Waals surface area contributed by atoms with E-state index in [1.807, 2.05) is 19.1 Å². The van der Waals surface area contributed by atoms with Crippen molar-refractivity contribution in [3.63, 3.8) is 0 Å². The first kappa shape index (κ1) is 14.8. The summed E-state index contributed by atoms with van der Waals surface area (Å²) in [5.41, 5.74) is 3.49. The molecule has 1 fully saturated rings. The maximum Gasteiger partial charge on any atom is 0.277 e. The van der Waals surface area contributed by atoms with Crippen LogP contribution < -0.4 is 5.32 Å². The quantitative estimate of drug-likeness (QED) is 0.757. The number of hydrogen-bond acceptors (Lipinski definition) is 5. The lowest BCUT2D eigenvalue weighted by Crippen LogP contribution is -2.13. The summed E-state index contributed by atoms with van der Waals surface area (Å²) in [5.74, 6) is 0.0714. The van der Waals surface area contributed by atoms with Crippen LogP contribution in [0, 0.1) is 6.92 Å². The SMILES string of the molecule is Cc1cc(NC(=O)c2n[nH]c(C3CC3)c2Cl)ccc1-n1cnnn1. The number of H-pyrrole nitrogens is 1. The zero-order valence-electron chi connectivity index (χ0n) is 12.8. The van der Waals surface area contributed by atoms with E-state index in [1.54, 1.807) is 10.7 Å². The highest BCUT2D eigenvalue weighted by Gasteiger charge is 2.30. The number of aryl methyl sites for hydroxylation is 1. The average Bonchev–Trinajstić information content (AvgIpc) is 3.10. The van der Waals surface area contributed by atoms with Crippen LogP contribution in [0.4, 0.5) is 5.69 Å². The molecule has 0 saturated heterocycles. The van der Waals surface area contributed by atoms with E-state index in [0.717, 1.165) is 29.8 Å². The fraction of sp³-hybridized carbons (Fsp3) is 0.267. The van der Waals surface area contributed by atoms with Gasteiger partial charge in [0, 0.05) is 11.6 Å². The Hall–Kier alpha value is -2.74.